The molecule has 15 heavy (non-hydrogen) atoms. The van der Waals surface area contributed by atoms with Gasteiger partial charge in [0.25, 0.3) is 0 Å². The van der Waals surface area contributed by atoms with Crippen LogP contribution in [0.15, 0.2) is 17.4 Å². The summed E-state index contributed by atoms with van der Waals surface area (Å²) in [5.74, 6) is 1.89. The van der Waals surface area contributed by atoms with Gasteiger partial charge in [-0.1, -0.05) is 24.6 Å². The average molecular weight is 245 g/mol. The topological polar surface area (TPSA) is 25.8 Å². The van der Waals surface area contributed by atoms with Crippen LogP contribution in [-0.2, 0) is 0 Å². The Morgan fingerprint density at radius 2 is 2.07 bits per heavy atom. The molecule has 0 unspecified atom stereocenters. The van der Waals surface area contributed by atoms with E-state index >= 15 is 0 Å². The summed E-state index contributed by atoms with van der Waals surface area (Å²) in [6.07, 6.45) is 6.66. The maximum absolute atomic E-state index is 5.60. The summed E-state index contributed by atoms with van der Waals surface area (Å²) < 4.78 is 0. The Morgan fingerprint density at radius 3 is 2.80 bits per heavy atom. The normalized spacial score (nSPS) is 10.5. The number of aromatic nitrogens is 2. The number of thioether (sulfide) groups is 1. The van der Waals surface area contributed by atoms with Crippen LogP contribution in [0.4, 0.5) is 0 Å². The standard InChI is InChI=1S/C11H17ClN2S/c1-10-6-8-13-11(14-10)15-9-5-3-2-4-7-12/h6,8H,2-5,7,9H2,1H3. The second kappa shape index (κ2) is 7.94. The van der Waals surface area contributed by atoms with Crippen molar-refractivity contribution in [1.82, 2.24) is 9.97 Å². The molecule has 0 saturated heterocycles. The summed E-state index contributed by atoms with van der Waals surface area (Å²) in [7, 11) is 0. The second-order valence-electron chi connectivity index (χ2n) is 3.43. The van der Waals surface area contributed by atoms with E-state index in [2.05, 4.69) is 9.97 Å². The quantitative estimate of drug-likeness (QED) is 0.317. The van der Waals surface area contributed by atoms with Crippen LogP contribution in [0.5, 0.6) is 0 Å². The van der Waals surface area contributed by atoms with E-state index in [-0.39, 0.29) is 0 Å². The molecule has 2 nitrogen and oxygen atoms in total. The van der Waals surface area contributed by atoms with Crippen molar-refractivity contribution < 1.29 is 0 Å². The Labute approximate surface area is 101 Å². The minimum absolute atomic E-state index is 0.786. The smallest absolute Gasteiger partial charge is 0.187 e. The molecule has 0 aliphatic rings. The van der Waals surface area contributed by atoms with E-state index in [9.17, 15) is 0 Å². The maximum Gasteiger partial charge on any atom is 0.187 e. The summed E-state index contributed by atoms with van der Waals surface area (Å²) in [4.78, 5) is 8.54. The summed E-state index contributed by atoms with van der Waals surface area (Å²) >= 11 is 7.34. The molecular formula is C11H17ClN2S. The van der Waals surface area contributed by atoms with Gasteiger partial charge in [0.1, 0.15) is 0 Å². The van der Waals surface area contributed by atoms with E-state index in [1.807, 2.05) is 19.2 Å². The van der Waals surface area contributed by atoms with Gasteiger partial charge < -0.3 is 0 Å². The van der Waals surface area contributed by atoms with E-state index in [1.54, 1.807) is 11.8 Å². The molecule has 0 aliphatic heterocycles. The molecule has 84 valence electrons. The monoisotopic (exact) mass is 244 g/mol. The van der Waals surface area contributed by atoms with Gasteiger partial charge in [0.2, 0.25) is 0 Å². The van der Waals surface area contributed by atoms with Crippen molar-refractivity contribution in [2.45, 2.75) is 37.8 Å². The van der Waals surface area contributed by atoms with E-state index in [1.165, 1.54) is 19.3 Å². The predicted molar refractivity (Wildman–Crippen MR) is 66.7 cm³/mol. The second-order valence-corrected chi connectivity index (χ2v) is 4.87. The van der Waals surface area contributed by atoms with Crippen LogP contribution in [0, 0.1) is 6.92 Å². The zero-order valence-corrected chi connectivity index (χ0v) is 10.7. The molecule has 0 spiro atoms. The van der Waals surface area contributed by atoms with E-state index in [4.69, 9.17) is 11.6 Å². The van der Waals surface area contributed by atoms with Gasteiger partial charge >= 0.3 is 0 Å². The van der Waals surface area contributed by atoms with E-state index < -0.39 is 0 Å². The molecule has 4 heteroatoms. The van der Waals surface area contributed by atoms with E-state index in [0.717, 1.165) is 28.9 Å². The van der Waals surface area contributed by atoms with E-state index in [0.29, 0.717) is 0 Å². The van der Waals surface area contributed by atoms with Crippen LogP contribution in [0.3, 0.4) is 0 Å². The van der Waals surface area contributed by atoms with Crippen LogP contribution in [-0.4, -0.2) is 21.6 Å². The fourth-order valence-corrected chi connectivity index (χ4v) is 2.27. The first-order chi connectivity index (χ1) is 7.33. The minimum atomic E-state index is 0.786. The Morgan fingerprint density at radius 1 is 1.27 bits per heavy atom. The van der Waals surface area contributed by atoms with Gasteiger partial charge in [-0.05, 0) is 25.8 Å². The van der Waals surface area contributed by atoms with Gasteiger partial charge in [0.05, 0.1) is 0 Å². The fourth-order valence-electron chi connectivity index (χ4n) is 1.21. The molecule has 0 radical (unpaired) electrons. The Kier molecular flexibility index (Phi) is 6.77. The summed E-state index contributed by atoms with van der Waals surface area (Å²) in [5.41, 5.74) is 1.04. The SMILES string of the molecule is Cc1ccnc(SCCCCCCCl)n1. The van der Waals surface area contributed by atoms with Crippen LogP contribution in [0.1, 0.15) is 31.4 Å². The first-order valence-corrected chi connectivity index (χ1v) is 6.83. The first-order valence-electron chi connectivity index (χ1n) is 5.31. The first kappa shape index (κ1) is 12.8. The van der Waals surface area contributed by atoms with Crippen molar-refractivity contribution in [3.63, 3.8) is 0 Å². The van der Waals surface area contributed by atoms with Crippen molar-refractivity contribution in [1.29, 1.82) is 0 Å². The van der Waals surface area contributed by atoms with Crippen molar-refractivity contribution in [2.24, 2.45) is 0 Å². The maximum atomic E-state index is 5.60. The van der Waals surface area contributed by atoms with Crippen molar-refractivity contribution >= 4 is 23.4 Å². The average Bonchev–Trinajstić information content (AvgIpc) is 2.23. The molecule has 0 aromatic carbocycles. The lowest BCUT2D eigenvalue weighted by molar-refractivity contribution is 0.709. The van der Waals surface area contributed by atoms with Gasteiger partial charge in [-0.3, -0.25) is 0 Å². The van der Waals surface area contributed by atoms with Crippen LogP contribution in [0.2, 0.25) is 0 Å². The predicted octanol–water partition coefficient (Wildman–Crippen LogP) is 3.68. The fraction of sp³-hybridized carbons (Fsp3) is 0.636. The molecular weight excluding hydrogens is 228 g/mol. The van der Waals surface area contributed by atoms with Gasteiger partial charge in [0, 0.05) is 23.5 Å². The number of aryl methyl sites for hydroxylation is 1. The zero-order valence-electron chi connectivity index (χ0n) is 9.08. The minimum Gasteiger partial charge on any atom is -0.231 e. The van der Waals surface area contributed by atoms with Crippen LogP contribution < -0.4 is 0 Å². The number of nitrogens with zero attached hydrogens (tertiary/aromatic N) is 2. The number of halogens is 1. The molecule has 1 aromatic rings. The number of hydrogen-bond donors (Lipinski definition) is 0. The van der Waals surface area contributed by atoms with Crippen molar-refractivity contribution in [2.75, 3.05) is 11.6 Å². The summed E-state index contributed by atoms with van der Waals surface area (Å²) in [6, 6.07) is 1.92. The van der Waals surface area contributed by atoms with Gasteiger partial charge in [-0.2, -0.15) is 0 Å². The third kappa shape index (κ3) is 6.00. The van der Waals surface area contributed by atoms with Crippen LogP contribution in [0.25, 0.3) is 0 Å². The third-order valence-electron chi connectivity index (χ3n) is 2.03. The molecule has 1 aromatic heterocycles. The summed E-state index contributed by atoms with van der Waals surface area (Å²) in [5, 5.41) is 0.896. The molecule has 0 N–H and O–H groups in total. The molecule has 0 aliphatic carbocycles. The molecule has 0 saturated carbocycles. The Bertz CT molecular complexity index is 281. The summed E-state index contributed by atoms with van der Waals surface area (Å²) in [6.45, 7) is 1.99. The molecule has 0 atom stereocenters. The lowest BCUT2D eigenvalue weighted by atomic mass is 10.2. The largest absolute Gasteiger partial charge is 0.231 e. The van der Waals surface area contributed by atoms with Crippen molar-refractivity contribution in [3.05, 3.63) is 18.0 Å². The van der Waals surface area contributed by atoms with Gasteiger partial charge in [-0.25, -0.2) is 9.97 Å². The highest BCUT2D eigenvalue weighted by atomic mass is 35.5. The molecule has 1 rings (SSSR count). The van der Waals surface area contributed by atoms with Gasteiger partial charge in [0.15, 0.2) is 5.16 Å². The zero-order chi connectivity index (χ0) is 10.9. The lowest BCUT2D eigenvalue weighted by Gasteiger charge is -2.00. The number of unbranched alkanes of at least 4 members (excludes halogenated alkanes) is 3. The third-order valence-corrected chi connectivity index (χ3v) is 3.25. The molecule has 0 amide bonds. The highest BCUT2D eigenvalue weighted by molar-refractivity contribution is 7.99. The highest BCUT2D eigenvalue weighted by Gasteiger charge is 1.97. The Balaban J connectivity index is 2.10. The molecule has 0 bridgehead atoms. The van der Waals surface area contributed by atoms with Crippen molar-refractivity contribution in [3.8, 4) is 0 Å². The lowest BCUT2D eigenvalue weighted by Crippen LogP contribution is -1.90. The molecule has 1 heterocycles. The van der Waals surface area contributed by atoms with Gasteiger partial charge in [-0.15, -0.1) is 11.6 Å². The number of alkyl halides is 1. The van der Waals surface area contributed by atoms with Crippen LogP contribution >= 0.6 is 23.4 Å². The number of hydrogen-bond acceptors (Lipinski definition) is 3. The Hall–Kier alpha value is -0.280. The highest BCUT2D eigenvalue weighted by Crippen LogP contribution is 2.15. The number of rotatable bonds is 7. The molecule has 0 fully saturated rings.